The van der Waals surface area contributed by atoms with Gasteiger partial charge in [-0.15, -0.1) is 11.6 Å². The zero-order valence-electron chi connectivity index (χ0n) is 14.4. The van der Waals surface area contributed by atoms with Crippen LogP contribution in [0.1, 0.15) is 59.3 Å². The molecule has 122 valence electrons. The summed E-state index contributed by atoms with van der Waals surface area (Å²) in [4.78, 5) is 0. The van der Waals surface area contributed by atoms with E-state index in [1.54, 1.807) is 5.57 Å². The minimum Gasteiger partial charge on any atom is -0.126 e. The highest BCUT2D eigenvalue weighted by Gasteiger charge is 2.12. The molecule has 0 aromatic carbocycles. The van der Waals surface area contributed by atoms with Crippen LogP contribution < -0.4 is 0 Å². The first-order chi connectivity index (χ1) is 10.7. The summed E-state index contributed by atoms with van der Waals surface area (Å²) < 4.78 is 0. The maximum Gasteiger partial charge on any atom is 0.0260 e. The molecule has 1 aliphatic carbocycles. The predicted octanol–water partition coefficient (Wildman–Crippen LogP) is 7.15. The van der Waals surface area contributed by atoms with Crippen LogP contribution in [0.25, 0.3) is 0 Å². The number of halogens is 1. The van der Waals surface area contributed by atoms with Gasteiger partial charge < -0.3 is 0 Å². The second-order valence-corrected chi connectivity index (χ2v) is 6.39. The van der Waals surface area contributed by atoms with Crippen molar-refractivity contribution in [2.24, 2.45) is 5.92 Å². The fraction of sp³-hybridized carbons (Fsp3) is 0.524. The first-order valence-corrected chi connectivity index (χ1v) is 9.19. The zero-order valence-corrected chi connectivity index (χ0v) is 15.2. The van der Waals surface area contributed by atoms with E-state index in [4.69, 9.17) is 11.6 Å². The van der Waals surface area contributed by atoms with E-state index in [2.05, 4.69) is 63.3 Å². The predicted molar refractivity (Wildman–Crippen MR) is 101 cm³/mol. The highest BCUT2D eigenvalue weighted by molar-refractivity contribution is 6.18. The van der Waals surface area contributed by atoms with Gasteiger partial charge in [0.25, 0.3) is 0 Å². The number of rotatable bonds is 9. The summed E-state index contributed by atoms with van der Waals surface area (Å²) in [5.74, 6) is 1.38. The third-order valence-electron chi connectivity index (χ3n) is 4.08. The quantitative estimate of drug-likeness (QED) is 0.313. The van der Waals surface area contributed by atoms with Crippen LogP contribution in [0.2, 0.25) is 0 Å². The van der Waals surface area contributed by atoms with E-state index in [0.717, 1.165) is 19.3 Å². The summed E-state index contributed by atoms with van der Waals surface area (Å²) in [6.45, 7) is 6.58. The second-order valence-electron chi connectivity index (χ2n) is 6.01. The van der Waals surface area contributed by atoms with Crippen LogP contribution in [-0.4, -0.2) is 5.88 Å². The van der Waals surface area contributed by atoms with Crippen LogP contribution in [0.3, 0.4) is 0 Å². The molecule has 1 rings (SSSR count). The molecule has 1 aliphatic rings. The van der Waals surface area contributed by atoms with E-state index in [-0.39, 0.29) is 0 Å². The van der Waals surface area contributed by atoms with Gasteiger partial charge in [0.2, 0.25) is 0 Å². The summed E-state index contributed by atoms with van der Waals surface area (Å²) in [6, 6.07) is 0. The summed E-state index contributed by atoms with van der Waals surface area (Å²) in [5.41, 5.74) is 4.46. The Bertz CT molecular complexity index is 460. The van der Waals surface area contributed by atoms with E-state index in [9.17, 15) is 0 Å². The standard InChI is InChI=1S/C21H31Cl/c1-4-6-8-9-11-21(19(16-17-22)10-7-5-2)20-14-12-18(3)13-15-20/h4,6,8-9,12,14-15,18H,5,7,10-11,13,16-17H2,1-3H3/b6-4-,9-8-,21-19+. The molecule has 0 heterocycles. The fourth-order valence-electron chi connectivity index (χ4n) is 2.72. The summed E-state index contributed by atoms with van der Waals surface area (Å²) in [5, 5.41) is 0. The van der Waals surface area contributed by atoms with E-state index < -0.39 is 0 Å². The summed E-state index contributed by atoms with van der Waals surface area (Å²) in [6.07, 6.45) is 22.5. The van der Waals surface area contributed by atoms with Gasteiger partial charge in [-0.05, 0) is 56.1 Å². The van der Waals surface area contributed by atoms with Crippen LogP contribution in [-0.2, 0) is 0 Å². The molecule has 0 bridgehead atoms. The average Bonchev–Trinajstić information content (AvgIpc) is 2.53. The second kappa shape index (κ2) is 11.5. The van der Waals surface area contributed by atoms with Crippen molar-refractivity contribution in [2.45, 2.75) is 59.3 Å². The molecule has 0 N–H and O–H groups in total. The van der Waals surface area contributed by atoms with Crippen LogP contribution in [0.4, 0.5) is 0 Å². The number of allylic oxidation sites excluding steroid dienone is 10. The van der Waals surface area contributed by atoms with Crippen molar-refractivity contribution in [3.05, 3.63) is 59.3 Å². The molecule has 0 aromatic heterocycles. The van der Waals surface area contributed by atoms with Crippen molar-refractivity contribution in [1.82, 2.24) is 0 Å². The van der Waals surface area contributed by atoms with E-state index >= 15 is 0 Å². The number of alkyl halides is 1. The third kappa shape index (κ3) is 6.83. The Hall–Kier alpha value is -1.01. The molecule has 1 unspecified atom stereocenters. The molecule has 0 aliphatic heterocycles. The molecule has 0 radical (unpaired) electrons. The lowest BCUT2D eigenvalue weighted by atomic mass is 9.87. The molecule has 1 atom stereocenters. The largest absolute Gasteiger partial charge is 0.126 e. The van der Waals surface area contributed by atoms with Gasteiger partial charge in [0.05, 0.1) is 0 Å². The summed E-state index contributed by atoms with van der Waals surface area (Å²) in [7, 11) is 0. The van der Waals surface area contributed by atoms with Gasteiger partial charge in [-0.25, -0.2) is 0 Å². The average molecular weight is 319 g/mol. The molecule has 0 aromatic rings. The molecule has 0 fully saturated rings. The van der Waals surface area contributed by atoms with Gasteiger partial charge in [-0.1, -0.05) is 68.4 Å². The van der Waals surface area contributed by atoms with Crippen LogP contribution in [0, 0.1) is 5.92 Å². The SMILES string of the molecule is C/C=C\C=C/C/C(C1=CCC(C)C=C1)=C(\CCCl)CCCC. The van der Waals surface area contributed by atoms with E-state index in [1.165, 1.54) is 30.4 Å². The molecule has 0 amide bonds. The Kier molecular flexibility index (Phi) is 9.99. The van der Waals surface area contributed by atoms with Gasteiger partial charge in [0.1, 0.15) is 0 Å². The molecule has 0 nitrogen and oxygen atoms in total. The first-order valence-electron chi connectivity index (χ1n) is 8.66. The highest BCUT2D eigenvalue weighted by atomic mass is 35.5. The molecule has 1 heteroatoms. The molecule has 22 heavy (non-hydrogen) atoms. The minimum absolute atomic E-state index is 0.663. The Labute approximate surface area is 142 Å². The van der Waals surface area contributed by atoms with E-state index in [1.807, 2.05) is 0 Å². The van der Waals surface area contributed by atoms with Gasteiger partial charge in [-0.2, -0.15) is 0 Å². The Balaban J connectivity index is 3.03. The van der Waals surface area contributed by atoms with Crippen molar-refractivity contribution >= 4 is 11.6 Å². The van der Waals surface area contributed by atoms with Crippen molar-refractivity contribution < 1.29 is 0 Å². The van der Waals surface area contributed by atoms with Gasteiger partial charge in [-0.3, -0.25) is 0 Å². The Morgan fingerprint density at radius 3 is 2.73 bits per heavy atom. The number of hydrogen-bond donors (Lipinski definition) is 0. The molecular formula is C21H31Cl. The minimum atomic E-state index is 0.663. The molecule has 0 saturated carbocycles. The first kappa shape index (κ1) is 19.0. The lowest BCUT2D eigenvalue weighted by Crippen LogP contribution is -2.01. The van der Waals surface area contributed by atoms with Crippen molar-refractivity contribution in [3.63, 3.8) is 0 Å². The monoisotopic (exact) mass is 318 g/mol. The van der Waals surface area contributed by atoms with Crippen LogP contribution in [0.15, 0.2) is 59.3 Å². The highest BCUT2D eigenvalue weighted by Crippen LogP contribution is 2.30. The van der Waals surface area contributed by atoms with Crippen LogP contribution >= 0.6 is 11.6 Å². The summed E-state index contributed by atoms with van der Waals surface area (Å²) >= 11 is 6.06. The Morgan fingerprint density at radius 2 is 2.14 bits per heavy atom. The third-order valence-corrected chi connectivity index (χ3v) is 4.27. The van der Waals surface area contributed by atoms with Crippen LogP contribution in [0.5, 0.6) is 0 Å². The fourth-order valence-corrected chi connectivity index (χ4v) is 2.95. The van der Waals surface area contributed by atoms with Gasteiger partial charge in [0, 0.05) is 5.88 Å². The molecular weight excluding hydrogens is 288 g/mol. The zero-order chi connectivity index (χ0) is 16.2. The maximum atomic E-state index is 6.06. The maximum absolute atomic E-state index is 6.06. The normalized spacial score (nSPS) is 19.8. The molecule has 0 spiro atoms. The van der Waals surface area contributed by atoms with Gasteiger partial charge >= 0.3 is 0 Å². The Morgan fingerprint density at radius 1 is 1.32 bits per heavy atom. The van der Waals surface area contributed by atoms with Crippen molar-refractivity contribution in [2.75, 3.05) is 5.88 Å². The molecule has 0 saturated heterocycles. The van der Waals surface area contributed by atoms with Crippen molar-refractivity contribution in [3.8, 4) is 0 Å². The lowest BCUT2D eigenvalue weighted by Gasteiger charge is -2.19. The number of hydrogen-bond acceptors (Lipinski definition) is 0. The lowest BCUT2D eigenvalue weighted by molar-refractivity contribution is 0.727. The van der Waals surface area contributed by atoms with E-state index in [0.29, 0.717) is 11.8 Å². The van der Waals surface area contributed by atoms with Gasteiger partial charge in [0.15, 0.2) is 0 Å². The number of unbranched alkanes of at least 4 members (excludes halogenated alkanes) is 1. The van der Waals surface area contributed by atoms with Crippen molar-refractivity contribution in [1.29, 1.82) is 0 Å². The smallest absolute Gasteiger partial charge is 0.0260 e. The topological polar surface area (TPSA) is 0 Å².